The molecule has 0 fully saturated rings. The first-order valence-corrected chi connectivity index (χ1v) is 7.59. The van der Waals surface area contributed by atoms with Crippen LogP contribution in [0.15, 0.2) is 46.1 Å². The summed E-state index contributed by atoms with van der Waals surface area (Å²) in [5, 5.41) is 22.2. The zero-order valence-corrected chi connectivity index (χ0v) is 14.2. The molecule has 3 aromatic rings. The lowest BCUT2D eigenvalue weighted by atomic mass is 10.2. The second-order valence-electron chi connectivity index (χ2n) is 5.29. The highest BCUT2D eigenvalue weighted by Crippen LogP contribution is 2.27. The molecule has 1 aromatic carbocycles. The van der Waals surface area contributed by atoms with E-state index in [1.165, 1.54) is 23.2 Å². The number of rotatable bonds is 5. The van der Waals surface area contributed by atoms with Gasteiger partial charge in [0.1, 0.15) is 5.69 Å². The van der Waals surface area contributed by atoms with Gasteiger partial charge in [-0.2, -0.15) is 9.78 Å². The summed E-state index contributed by atoms with van der Waals surface area (Å²) in [6.07, 6.45) is 2.99. The first-order chi connectivity index (χ1) is 12.0. The van der Waals surface area contributed by atoms with Crippen molar-refractivity contribution >= 4 is 29.8 Å². The summed E-state index contributed by atoms with van der Waals surface area (Å²) < 4.78 is 6.97. The normalized spacial score (nSPS) is 11.1. The molecule has 2 heterocycles. The summed E-state index contributed by atoms with van der Waals surface area (Å²) in [5.41, 5.74) is 1.07. The second kappa shape index (κ2) is 6.69. The van der Waals surface area contributed by atoms with E-state index in [9.17, 15) is 10.1 Å². The van der Waals surface area contributed by atoms with E-state index in [-0.39, 0.29) is 10.5 Å². The second-order valence-corrected chi connectivity index (χ2v) is 5.67. The van der Waals surface area contributed by atoms with Gasteiger partial charge in [-0.1, -0.05) is 6.07 Å². The van der Waals surface area contributed by atoms with Crippen molar-refractivity contribution in [3.05, 3.63) is 57.0 Å². The molecule has 0 aliphatic heterocycles. The van der Waals surface area contributed by atoms with Crippen molar-refractivity contribution in [2.24, 2.45) is 5.10 Å². The molecule has 3 rings (SSSR count). The van der Waals surface area contributed by atoms with Crippen LogP contribution in [0.25, 0.3) is 11.6 Å². The van der Waals surface area contributed by atoms with Gasteiger partial charge in [0.25, 0.3) is 5.69 Å². The molecule has 128 valence electrons. The van der Waals surface area contributed by atoms with Gasteiger partial charge in [0.2, 0.25) is 10.6 Å². The van der Waals surface area contributed by atoms with Gasteiger partial charge >= 0.3 is 0 Å². The number of furan rings is 1. The Morgan fingerprint density at radius 2 is 2.24 bits per heavy atom. The number of aromatic nitrogens is 3. The van der Waals surface area contributed by atoms with Gasteiger partial charge in [-0.05, 0) is 30.4 Å². The van der Waals surface area contributed by atoms with E-state index in [0.717, 1.165) is 0 Å². The Morgan fingerprint density at radius 1 is 1.44 bits per heavy atom. The largest absolute Gasteiger partial charge is 0.461 e. The molecule has 0 saturated heterocycles. The molecule has 0 unspecified atom stereocenters. The Morgan fingerprint density at radius 3 is 2.88 bits per heavy atom. The number of anilines is 1. The summed E-state index contributed by atoms with van der Waals surface area (Å²) >= 11 is 5.16. The minimum atomic E-state index is -0.426. The van der Waals surface area contributed by atoms with Crippen molar-refractivity contribution in [2.45, 2.75) is 0 Å². The number of hydrogen-bond donors (Lipinski definition) is 1. The van der Waals surface area contributed by atoms with Crippen LogP contribution in [0, 0.1) is 14.9 Å². The Kier molecular flexibility index (Phi) is 4.44. The average molecular weight is 358 g/mol. The molecule has 9 nitrogen and oxygen atoms in total. The summed E-state index contributed by atoms with van der Waals surface area (Å²) in [5.74, 6) is 0.907. The third-order valence-electron chi connectivity index (χ3n) is 3.39. The molecule has 0 aliphatic rings. The van der Waals surface area contributed by atoms with E-state index in [1.54, 1.807) is 43.3 Å². The van der Waals surface area contributed by atoms with Crippen LogP contribution in [-0.2, 0) is 0 Å². The first kappa shape index (κ1) is 16.6. The van der Waals surface area contributed by atoms with E-state index in [1.807, 2.05) is 0 Å². The number of aromatic amines is 1. The number of hydrogen-bond acceptors (Lipinski definition) is 7. The maximum Gasteiger partial charge on any atom is 0.293 e. The summed E-state index contributed by atoms with van der Waals surface area (Å²) in [4.78, 5) is 12.5. The van der Waals surface area contributed by atoms with Crippen LogP contribution >= 0.6 is 12.2 Å². The fourth-order valence-corrected chi connectivity index (χ4v) is 2.41. The molecule has 0 saturated carbocycles. The molecule has 25 heavy (non-hydrogen) atoms. The highest BCUT2D eigenvalue weighted by molar-refractivity contribution is 7.71. The van der Waals surface area contributed by atoms with Gasteiger partial charge in [-0.3, -0.25) is 10.1 Å². The molecule has 0 radical (unpaired) electrons. The van der Waals surface area contributed by atoms with Crippen molar-refractivity contribution in [1.82, 2.24) is 14.9 Å². The fourth-order valence-electron chi connectivity index (χ4n) is 2.23. The van der Waals surface area contributed by atoms with E-state index in [4.69, 9.17) is 16.6 Å². The zero-order valence-electron chi connectivity index (χ0n) is 13.4. The van der Waals surface area contributed by atoms with Gasteiger partial charge in [-0.25, -0.2) is 5.10 Å². The van der Waals surface area contributed by atoms with Gasteiger partial charge < -0.3 is 9.32 Å². The quantitative estimate of drug-likeness (QED) is 0.325. The number of nitro benzene ring substituents is 1. The van der Waals surface area contributed by atoms with Gasteiger partial charge in [0.05, 0.1) is 17.4 Å². The minimum Gasteiger partial charge on any atom is -0.461 e. The monoisotopic (exact) mass is 358 g/mol. The van der Waals surface area contributed by atoms with Crippen LogP contribution in [0.1, 0.15) is 5.56 Å². The van der Waals surface area contributed by atoms with E-state index in [0.29, 0.717) is 22.8 Å². The molecule has 0 atom stereocenters. The molecule has 2 aromatic heterocycles. The smallest absolute Gasteiger partial charge is 0.293 e. The molecule has 0 amide bonds. The van der Waals surface area contributed by atoms with Crippen LogP contribution in [-0.4, -0.2) is 40.1 Å². The zero-order chi connectivity index (χ0) is 18.0. The lowest BCUT2D eigenvalue weighted by Gasteiger charge is -2.12. The number of nitrogens with one attached hydrogen (secondary N) is 1. The number of benzene rings is 1. The molecular formula is C15H14N6O3S. The maximum absolute atomic E-state index is 11.3. The van der Waals surface area contributed by atoms with Crippen LogP contribution < -0.4 is 4.90 Å². The first-order valence-electron chi connectivity index (χ1n) is 7.19. The van der Waals surface area contributed by atoms with Crippen molar-refractivity contribution in [2.75, 3.05) is 19.0 Å². The van der Waals surface area contributed by atoms with E-state index in [2.05, 4.69) is 15.3 Å². The molecule has 10 heteroatoms. The van der Waals surface area contributed by atoms with Crippen molar-refractivity contribution in [3.8, 4) is 11.6 Å². The van der Waals surface area contributed by atoms with Gasteiger partial charge in [0, 0.05) is 25.7 Å². The lowest BCUT2D eigenvalue weighted by molar-refractivity contribution is -0.384. The van der Waals surface area contributed by atoms with Crippen LogP contribution in [0.2, 0.25) is 0 Å². The number of nitrogens with zero attached hydrogens (tertiary/aromatic N) is 5. The lowest BCUT2D eigenvalue weighted by Crippen LogP contribution is -2.11. The SMILES string of the molecule is CN(C)c1ccc(/C=N\n2c(-c3ccco3)n[nH]c2=S)cc1[N+](=O)[O-]. The number of H-pyrrole nitrogens is 1. The molecular weight excluding hydrogens is 344 g/mol. The summed E-state index contributed by atoms with van der Waals surface area (Å²) in [6, 6.07) is 8.32. The summed E-state index contributed by atoms with van der Waals surface area (Å²) in [6.45, 7) is 0. The average Bonchev–Trinajstić information content (AvgIpc) is 3.22. The molecule has 0 bridgehead atoms. The molecule has 1 N–H and O–H groups in total. The van der Waals surface area contributed by atoms with Crippen molar-refractivity contribution in [3.63, 3.8) is 0 Å². The van der Waals surface area contributed by atoms with E-state index >= 15 is 0 Å². The predicted molar refractivity (Wildman–Crippen MR) is 95.5 cm³/mol. The highest BCUT2D eigenvalue weighted by atomic mass is 32.1. The summed E-state index contributed by atoms with van der Waals surface area (Å²) in [7, 11) is 3.49. The molecule has 0 aliphatic carbocycles. The third kappa shape index (κ3) is 3.33. The Hall–Kier alpha value is -3.27. The predicted octanol–water partition coefficient (Wildman–Crippen LogP) is 3.06. The minimum absolute atomic E-state index is 0.00370. The van der Waals surface area contributed by atoms with Crippen molar-refractivity contribution < 1.29 is 9.34 Å². The highest BCUT2D eigenvalue weighted by Gasteiger charge is 2.16. The van der Waals surface area contributed by atoms with Crippen molar-refractivity contribution in [1.29, 1.82) is 0 Å². The Labute approximate surface area is 147 Å². The number of nitro groups is 1. The van der Waals surface area contributed by atoms with Crippen LogP contribution in [0.5, 0.6) is 0 Å². The third-order valence-corrected chi connectivity index (χ3v) is 3.66. The van der Waals surface area contributed by atoms with E-state index < -0.39 is 4.92 Å². The maximum atomic E-state index is 11.3. The Bertz CT molecular complexity index is 987. The standard InChI is InChI=1S/C15H14N6O3S/c1-19(2)11-6-5-10(8-12(11)21(22)23)9-16-20-14(17-18-15(20)25)13-4-3-7-24-13/h3-9H,1-2H3,(H,18,25)/b16-9-. The van der Waals surface area contributed by atoms with Gasteiger partial charge in [-0.15, -0.1) is 5.10 Å². The van der Waals surface area contributed by atoms with Gasteiger partial charge in [0.15, 0.2) is 5.76 Å². The van der Waals surface area contributed by atoms with Crippen LogP contribution in [0.4, 0.5) is 11.4 Å². The van der Waals surface area contributed by atoms with Crippen LogP contribution in [0.3, 0.4) is 0 Å². The Balaban J connectivity index is 1.99. The fraction of sp³-hybridized carbons (Fsp3) is 0.133. The topological polar surface area (TPSA) is 105 Å². The molecule has 0 spiro atoms.